The van der Waals surface area contributed by atoms with Gasteiger partial charge < -0.3 is 5.11 Å². The van der Waals surface area contributed by atoms with E-state index in [9.17, 15) is 17.6 Å². The standard InChI is InChI=1S/C14H16FNO4S/c15-13-7-6-11(8-12(13)14(17)18)21(19,20)16-9-10-4-2-1-3-5-10/h1-2,6-8,10,16H,3-5,9H2,(H,17,18). The van der Waals surface area contributed by atoms with Gasteiger partial charge in [0.05, 0.1) is 10.5 Å². The van der Waals surface area contributed by atoms with E-state index in [2.05, 4.69) is 10.8 Å². The predicted octanol–water partition coefficient (Wildman–Crippen LogP) is 2.16. The minimum absolute atomic E-state index is 0.226. The van der Waals surface area contributed by atoms with Crippen LogP contribution in [-0.2, 0) is 10.0 Å². The summed E-state index contributed by atoms with van der Waals surface area (Å²) in [5.74, 6) is -2.23. The average Bonchev–Trinajstić information content (AvgIpc) is 2.46. The first-order valence-corrected chi connectivity index (χ1v) is 8.06. The van der Waals surface area contributed by atoms with Crippen molar-refractivity contribution in [2.24, 2.45) is 5.92 Å². The summed E-state index contributed by atoms with van der Waals surface area (Å²) in [5.41, 5.74) is -0.654. The number of benzene rings is 1. The summed E-state index contributed by atoms with van der Waals surface area (Å²) >= 11 is 0. The number of nitrogens with one attached hydrogen (secondary N) is 1. The van der Waals surface area contributed by atoms with Crippen LogP contribution in [0.5, 0.6) is 0 Å². The number of allylic oxidation sites excluding steroid dienone is 2. The second kappa shape index (κ2) is 6.36. The minimum Gasteiger partial charge on any atom is -0.478 e. The average molecular weight is 313 g/mol. The van der Waals surface area contributed by atoms with E-state index in [1.54, 1.807) is 0 Å². The third kappa shape index (κ3) is 3.89. The number of sulfonamides is 1. The fourth-order valence-electron chi connectivity index (χ4n) is 2.19. The number of hydrogen-bond donors (Lipinski definition) is 2. The third-order valence-electron chi connectivity index (χ3n) is 3.42. The van der Waals surface area contributed by atoms with Crippen LogP contribution in [0.4, 0.5) is 4.39 Å². The van der Waals surface area contributed by atoms with Crippen LogP contribution < -0.4 is 4.72 Å². The van der Waals surface area contributed by atoms with Crippen molar-refractivity contribution in [1.29, 1.82) is 0 Å². The van der Waals surface area contributed by atoms with Gasteiger partial charge in [0.25, 0.3) is 0 Å². The number of hydrogen-bond acceptors (Lipinski definition) is 3. The zero-order valence-electron chi connectivity index (χ0n) is 11.3. The maximum atomic E-state index is 13.3. The minimum atomic E-state index is -3.84. The van der Waals surface area contributed by atoms with Crippen LogP contribution in [0.2, 0.25) is 0 Å². The van der Waals surface area contributed by atoms with Crippen molar-refractivity contribution in [2.75, 3.05) is 6.54 Å². The Bertz CT molecular complexity index is 670. The highest BCUT2D eigenvalue weighted by atomic mass is 32.2. The van der Waals surface area contributed by atoms with E-state index < -0.39 is 27.4 Å². The molecule has 0 saturated heterocycles. The van der Waals surface area contributed by atoms with Gasteiger partial charge in [-0.3, -0.25) is 0 Å². The third-order valence-corrected chi connectivity index (χ3v) is 4.84. The Hall–Kier alpha value is -1.73. The van der Waals surface area contributed by atoms with Gasteiger partial charge in [-0.05, 0) is 43.4 Å². The summed E-state index contributed by atoms with van der Waals surface area (Å²) in [6.07, 6.45) is 6.72. The molecule has 1 unspecified atom stereocenters. The lowest BCUT2D eigenvalue weighted by Crippen LogP contribution is -2.30. The number of carbonyl (C=O) groups is 1. The van der Waals surface area contributed by atoms with Gasteiger partial charge in [-0.1, -0.05) is 12.2 Å². The van der Waals surface area contributed by atoms with Crippen molar-refractivity contribution in [3.05, 3.63) is 41.7 Å². The molecule has 2 N–H and O–H groups in total. The smallest absolute Gasteiger partial charge is 0.338 e. The molecule has 0 saturated carbocycles. The molecule has 21 heavy (non-hydrogen) atoms. The van der Waals surface area contributed by atoms with E-state index in [0.29, 0.717) is 0 Å². The monoisotopic (exact) mass is 313 g/mol. The lowest BCUT2D eigenvalue weighted by atomic mass is 9.95. The van der Waals surface area contributed by atoms with E-state index in [1.165, 1.54) is 0 Å². The van der Waals surface area contributed by atoms with Crippen molar-refractivity contribution in [3.63, 3.8) is 0 Å². The van der Waals surface area contributed by atoms with Gasteiger partial charge in [-0.2, -0.15) is 0 Å². The topological polar surface area (TPSA) is 83.5 Å². The first-order chi connectivity index (χ1) is 9.90. The molecule has 0 fully saturated rings. The largest absolute Gasteiger partial charge is 0.478 e. The van der Waals surface area contributed by atoms with Crippen LogP contribution in [0.25, 0.3) is 0 Å². The molecule has 1 aliphatic rings. The lowest BCUT2D eigenvalue weighted by Gasteiger charge is -2.18. The molecule has 0 bridgehead atoms. The van der Waals surface area contributed by atoms with Gasteiger partial charge in [0.15, 0.2) is 0 Å². The van der Waals surface area contributed by atoms with E-state index >= 15 is 0 Å². The SMILES string of the molecule is O=C(O)c1cc(S(=O)(=O)NCC2CC=CCC2)ccc1F. The second-order valence-corrected chi connectivity index (χ2v) is 6.72. The Morgan fingerprint density at radius 3 is 2.76 bits per heavy atom. The summed E-state index contributed by atoms with van der Waals surface area (Å²) in [6, 6.07) is 2.74. The summed E-state index contributed by atoms with van der Waals surface area (Å²) in [4.78, 5) is 10.6. The summed E-state index contributed by atoms with van der Waals surface area (Å²) in [5, 5.41) is 8.83. The van der Waals surface area contributed by atoms with Gasteiger partial charge >= 0.3 is 5.97 Å². The molecular formula is C14H16FNO4S. The van der Waals surface area contributed by atoms with Crippen LogP contribution >= 0.6 is 0 Å². The van der Waals surface area contributed by atoms with Crippen molar-refractivity contribution in [2.45, 2.75) is 24.2 Å². The van der Waals surface area contributed by atoms with Crippen LogP contribution in [0, 0.1) is 11.7 Å². The predicted molar refractivity (Wildman–Crippen MR) is 75.0 cm³/mol. The van der Waals surface area contributed by atoms with Crippen LogP contribution in [0.1, 0.15) is 29.6 Å². The fourth-order valence-corrected chi connectivity index (χ4v) is 3.33. The first kappa shape index (κ1) is 15.7. The van der Waals surface area contributed by atoms with E-state index in [4.69, 9.17) is 5.11 Å². The molecular weight excluding hydrogens is 297 g/mol. The Morgan fingerprint density at radius 2 is 2.14 bits per heavy atom. The Kier molecular flexibility index (Phi) is 4.74. The van der Waals surface area contributed by atoms with Gasteiger partial charge in [-0.25, -0.2) is 22.3 Å². The summed E-state index contributed by atoms with van der Waals surface area (Å²) in [7, 11) is -3.84. The first-order valence-electron chi connectivity index (χ1n) is 6.57. The normalized spacial score (nSPS) is 18.6. The molecule has 0 aliphatic heterocycles. The van der Waals surface area contributed by atoms with E-state index in [1.807, 2.05) is 6.08 Å². The van der Waals surface area contributed by atoms with Gasteiger partial charge in [-0.15, -0.1) is 0 Å². The Morgan fingerprint density at radius 1 is 1.38 bits per heavy atom. The van der Waals surface area contributed by atoms with E-state index in [-0.39, 0.29) is 17.4 Å². The van der Waals surface area contributed by atoms with E-state index in [0.717, 1.165) is 37.5 Å². The molecule has 1 aromatic rings. The lowest BCUT2D eigenvalue weighted by molar-refractivity contribution is 0.0691. The van der Waals surface area contributed by atoms with Crippen LogP contribution in [0.15, 0.2) is 35.2 Å². The molecule has 0 aromatic heterocycles. The zero-order valence-corrected chi connectivity index (χ0v) is 12.1. The maximum Gasteiger partial charge on any atom is 0.338 e. The maximum absolute atomic E-state index is 13.3. The summed E-state index contributed by atoms with van der Waals surface area (Å²) < 4.78 is 40.0. The van der Waals surface area contributed by atoms with Crippen molar-refractivity contribution in [1.82, 2.24) is 4.72 Å². The van der Waals surface area contributed by atoms with Crippen molar-refractivity contribution in [3.8, 4) is 0 Å². The number of rotatable bonds is 5. The number of carboxylic acid groups (broad SMARTS) is 1. The van der Waals surface area contributed by atoms with Crippen LogP contribution in [-0.4, -0.2) is 26.0 Å². The highest BCUT2D eigenvalue weighted by Gasteiger charge is 2.20. The van der Waals surface area contributed by atoms with Crippen LogP contribution in [0.3, 0.4) is 0 Å². The van der Waals surface area contributed by atoms with Crippen molar-refractivity contribution >= 4 is 16.0 Å². The highest BCUT2D eigenvalue weighted by molar-refractivity contribution is 7.89. The summed E-state index contributed by atoms with van der Waals surface area (Å²) in [6.45, 7) is 0.284. The molecule has 1 aromatic carbocycles. The molecule has 1 aliphatic carbocycles. The molecule has 0 heterocycles. The van der Waals surface area contributed by atoms with Crippen molar-refractivity contribution < 1.29 is 22.7 Å². The highest BCUT2D eigenvalue weighted by Crippen LogP contribution is 2.19. The number of aromatic carboxylic acids is 1. The molecule has 0 amide bonds. The van der Waals surface area contributed by atoms with Gasteiger partial charge in [0.2, 0.25) is 10.0 Å². The zero-order chi connectivity index (χ0) is 15.5. The molecule has 0 radical (unpaired) electrons. The Labute approximate surface area is 122 Å². The Balaban J connectivity index is 2.13. The molecule has 114 valence electrons. The molecule has 1 atom stereocenters. The molecule has 7 heteroatoms. The number of carboxylic acids is 1. The quantitative estimate of drug-likeness (QED) is 0.816. The van der Waals surface area contributed by atoms with Gasteiger partial charge in [0.1, 0.15) is 5.82 Å². The molecule has 0 spiro atoms. The second-order valence-electron chi connectivity index (χ2n) is 4.95. The van der Waals surface area contributed by atoms with Gasteiger partial charge in [0, 0.05) is 6.54 Å². The number of halogens is 1. The fraction of sp³-hybridized carbons (Fsp3) is 0.357. The molecule has 2 rings (SSSR count). The molecule has 5 nitrogen and oxygen atoms in total.